The van der Waals surface area contributed by atoms with E-state index in [-0.39, 0.29) is 0 Å². The summed E-state index contributed by atoms with van der Waals surface area (Å²) in [5, 5.41) is 2.69. The summed E-state index contributed by atoms with van der Waals surface area (Å²) in [4.78, 5) is 17.7. The minimum atomic E-state index is -1.12. The number of azide groups is 1. The van der Waals surface area contributed by atoms with E-state index in [2.05, 4.69) is 15.0 Å². The van der Waals surface area contributed by atoms with Crippen molar-refractivity contribution in [1.29, 1.82) is 0 Å². The van der Waals surface area contributed by atoms with Gasteiger partial charge in [-0.3, -0.25) is 0 Å². The lowest BCUT2D eigenvalue weighted by molar-refractivity contribution is -0.150. The van der Waals surface area contributed by atoms with Crippen molar-refractivity contribution < 1.29 is 9.63 Å². The van der Waals surface area contributed by atoms with Gasteiger partial charge in [-0.05, 0) is 38.3 Å². The highest BCUT2D eigenvalue weighted by molar-refractivity contribution is 5.79. The first-order valence-electron chi connectivity index (χ1n) is 4.29. The minimum Gasteiger partial charge on any atom is -0.357 e. The van der Waals surface area contributed by atoms with Gasteiger partial charge in [0.1, 0.15) is 10.8 Å². The Balaban J connectivity index is 4.02. The van der Waals surface area contributed by atoms with E-state index < -0.39 is 11.5 Å². The van der Waals surface area contributed by atoms with Crippen molar-refractivity contribution in [3.8, 4) is 0 Å². The Morgan fingerprint density at radius 2 is 2.29 bits per heavy atom. The van der Waals surface area contributed by atoms with Crippen LogP contribution in [0, 0.1) is 0 Å². The summed E-state index contributed by atoms with van der Waals surface area (Å²) < 4.78 is 0. The molecule has 7 heteroatoms. The molecule has 0 bridgehead atoms. The van der Waals surface area contributed by atoms with Crippen LogP contribution in [0.3, 0.4) is 0 Å². The molecule has 0 saturated heterocycles. The monoisotopic (exact) mass is 201 g/mol. The van der Waals surface area contributed by atoms with Crippen molar-refractivity contribution in [3.63, 3.8) is 0 Å². The summed E-state index contributed by atoms with van der Waals surface area (Å²) in [6, 6.07) is 0. The fraction of sp³-hybridized carbons (Fsp3) is 0.857. The molecule has 4 N–H and O–H groups in total. The van der Waals surface area contributed by atoms with Crippen LogP contribution in [0.1, 0.15) is 26.2 Å². The second-order valence-electron chi connectivity index (χ2n) is 3.21. The molecule has 0 unspecified atom stereocenters. The molecule has 1 atom stereocenters. The molecule has 0 spiro atoms. The standard InChI is InChI=1S/C7H15N5O2/c1-7(9,4-2-3-5-8)6(13)14-12-11-10/h2-5,8-9H2,1H3/t7-/m1/s1. The van der Waals surface area contributed by atoms with E-state index in [1.165, 1.54) is 6.92 Å². The summed E-state index contributed by atoms with van der Waals surface area (Å²) in [6.45, 7) is 2.08. The van der Waals surface area contributed by atoms with Crippen LogP contribution in [0.5, 0.6) is 0 Å². The molecule has 0 aromatic rings. The molecular formula is C7H15N5O2. The Kier molecular flexibility index (Phi) is 5.62. The predicted molar refractivity (Wildman–Crippen MR) is 50.7 cm³/mol. The third-order valence-corrected chi connectivity index (χ3v) is 1.78. The molecule has 7 nitrogen and oxygen atoms in total. The molecule has 0 aromatic heterocycles. The fourth-order valence-electron chi connectivity index (χ4n) is 0.898. The molecule has 80 valence electrons. The van der Waals surface area contributed by atoms with Gasteiger partial charge in [0.25, 0.3) is 0 Å². The maximum Gasteiger partial charge on any atom is 0.337 e. The Bertz CT molecular complexity index is 234. The van der Waals surface area contributed by atoms with Crippen LogP contribution < -0.4 is 11.5 Å². The lowest BCUT2D eigenvalue weighted by atomic mass is 9.96. The van der Waals surface area contributed by atoms with Crippen LogP contribution in [0.2, 0.25) is 0 Å². The first-order chi connectivity index (χ1) is 6.54. The van der Waals surface area contributed by atoms with E-state index >= 15 is 0 Å². The molecule has 0 amide bonds. The van der Waals surface area contributed by atoms with Crippen molar-refractivity contribution in [1.82, 2.24) is 0 Å². The summed E-state index contributed by atoms with van der Waals surface area (Å²) >= 11 is 0. The smallest absolute Gasteiger partial charge is 0.337 e. The molecule has 0 heterocycles. The van der Waals surface area contributed by atoms with E-state index in [1.54, 1.807) is 0 Å². The van der Waals surface area contributed by atoms with Crippen LogP contribution >= 0.6 is 0 Å². The van der Waals surface area contributed by atoms with E-state index in [0.29, 0.717) is 13.0 Å². The first kappa shape index (κ1) is 12.7. The van der Waals surface area contributed by atoms with Crippen LogP contribution in [0.25, 0.3) is 10.4 Å². The van der Waals surface area contributed by atoms with Gasteiger partial charge in [-0.1, -0.05) is 0 Å². The fourth-order valence-corrected chi connectivity index (χ4v) is 0.898. The summed E-state index contributed by atoms with van der Waals surface area (Å²) in [6.07, 6.45) is 1.97. The van der Waals surface area contributed by atoms with Crippen LogP contribution in [-0.4, -0.2) is 18.1 Å². The molecule has 0 aliphatic rings. The second kappa shape index (κ2) is 6.20. The highest BCUT2D eigenvalue weighted by Crippen LogP contribution is 2.12. The largest absolute Gasteiger partial charge is 0.357 e. The first-order valence-corrected chi connectivity index (χ1v) is 4.29. The van der Waals surface area contributed by atoms with Crippen LogP contribution in [-0.2, 0) is 9.63 Å². The quantitative estimate of drug-likeness (QED) is 0.214. The SMILES string of the molecule is C[C@@](N)(CCCCN)C(=O)ON=[N+]=[N-]. The van der Waals surface area contributed by atoms with Crippen LogP contribution in [0.4, 0.5) is 0 Å². The molecule has 0 saturated carbocycles. The van der Waals surface area contributed by atoms with Crippen molar-refractivity contribution in [3.05, 3.63) is 10.4 Å². The average molecular weight is 201 g/mol. The van der Waals surface area contributed by atoms with E-state index in [9.17, 15) is 4.79 Å². The Morgan fingerprint density at radius 3 is 2.79 bits per heavy atom. The predicted octanol–water partition coefficient (Wildman–Crippen LogP) is 0.601. The van der Waals surface area contributed by atoms with Gasteiger partial charge in [-0.15, -0.1) is 0 Å². The summed E-state index contributed by atoms with van der Waals surface area (Å²) in [7, 11) is 0. The van der Waals surface area contributed by atoms with Crippen LogP contribution in [0.15, 0.2) is 5.28 Å². The number of nitrogens with two attached hydrogens (primary N) is 2. The lowest BCUT2D eigenvalue weighted by Crippen LogP contribution is -2.45. The molecular weight excluding hydrogens is 186 g/mol. The Hall–Kier alpha value is -1.30. The topological polar surface area (TPSA) is 127 Å². The Morgan fingerprint density at radius 1 is 1.64 bits per heavy atom. The van der Waals surface area contributed by atoms with Crippen molar-refractivity contribution in [2.45, 2.75) is 31.7 Å². The molecule has 0 radical (unpaired) electrons. The molecule has 14 heavy (non-hydrogen) atoms. The van der Waals surface area contributed by atoms with Gasteiger partial charge >= 0.3 is 5.97 Å². The summed E-state index contributed by atoms with van der Waals surface area (Å²) in [5.41, 5.74) is 17.7. The third-order valence-electron chi connectivity index (χ3n) is 1.78. The number of hydrogen-bond acceptors (Lipinski definition) is 5. The molecule has 0 fully saturated rings. The van der Waals surface area contributed by atoms with Crippen molar-refractivity contribution in [2.75, 3.05) is 6.54 Å². The van der Waals surface area contributed by atoms with Gasteiger partial charge < -0.3 is 16.3 Å². The van der Waals surface area contributed by atoms with E-state index in [0.717, 1.165) is 12.8 Å². The number of nitrogens with zero attached hydrogens (tertiary/aromatic N) is 3. The van der Waals surface area contributed by atoms with Gasteiger partial charge in [0.2, 0.25) is 0 Å². The summed E-state index contributed by atoms with van der Waals surface area (Å²) in [5.74, 6) is -0.729. The third kappa shape index (κ3) is 4.66. The zero-order valence-electron chi connectivity index (χ0n) is 8.14. The van der Waals surface area contributed by atoms with Crippen molar-refractivity contribution >= 4 is 5.97 Å². The van der Waals surface area contributed by atoms with Gasteiger partial charge in [-0.2, -0.15) is 0 Å². The zero-order valence-corrected chi connectivity index (χ0v) is 8.14. The molecule has 0 aliphatic heterocycles. The lowest BCUT2D eigenvalue weighted by Gasteiger charge is -2.19. The number of hydrogen-bond donors (Lipinski definition) is 2. The van der Waals surface area contributed by atoms with E-state index in [4.69, 9.17) is 17.0 Å². The minimum absolute atomic E-state index is 0.448. The van der Waals surface area contributed by atoms with E-state index in [1.807, 2.05) is 0 Å². The highest BCUT2D eigenvalue weighted by atomic mass is 16.7. The highest BCUT2D eigenvalue weighted by Gasteiger charge is 2.29. The number of carbonyl (C=O) groups excluding carboxylic acids is 1. The molecule has 0 aromatic carbocycles. The normalized spacial score (nSPS) is 13.9. The van der Waals surface area contributed by atoms with Gasteiger partial charge in [0, 0.05) is 4.91 Å². The van der Waals surface area contributed by atoms with Gasteiger partial charge in [-0.25, -0.2) is 4.79 Å². The second-order valence-corrected chi connectivity index (χ2v) is 3.21. The average Bonchev–Trinajstić information content (AvgIpc) is 2.14. The maximum atomic E-state index is 11.2. The number of carbonyl (C=O) groups is 1. The zero-order chi connectivity index (χ0) is 11.0. The molecule has 0 rings (SSSR count). The Labute approximate surface area is 82.0 Å². The number of rotatable bonds is 6. The van der Waals surface area contributed by atoms with Gasteiger partial charge in [0.15, 0.2) is 0 Å². The molecule has 0 aliphatic carbocycles. The van der Waals surface area contributed by atoms with Crippen molar-refractivity contribution in [2.24, 2.45) is 16.7 Å². The van der Waals surface area contributed by atoms with Gasteiger partial charge in [0.05, 0.1) is 0 Å². The number of unbranched alkanes of at least 4 members (excludes halogenated alkanes) is 1. The maximum absolute atomic E-state index is 11.2.